The summed E-state index contributed by atoms with van der Waals surface area (Å²) >= 11 is 0. The molecule has 0 bridgehead atoms. The standard InChI is InChI=1S/C32H36NO2P/c1-31(2,3)23-11-13-25-21(19-23)9-15-27-29(25)30-26-14-12-24(32(4,5)6)20-22(26)10-16-28(30)35-36(34-27)33-17-7-8-18-33/h9-16,19-20H,7-8,17-18H2,1-6H3. The van der Waals surface area contributed by atoms with E-state index in [9.17, 15) is 0 Å². The molecule has 0 aliphatic carbocycles. The Morgan fingerprint density at radius 3 is 1.47 bits per heavy atom. The number of hydrogen-bond acceptors (Lipinski definition) is 3. The van der Waals surface area contributed by atoms with Crippen LogP contribution in [0.5, 0.6) is 0 Å². The van der Waals surface area contributed by atoms with Gasteiger partial charge in [0.05, 0.1) is 0 Å². The van der Waals surface area contributed by atoms with Crippen LogP contribution in [0.1, 0.15) is 65.5 Å². The lowest BCUT2D eigenvalue weighted by Gasteiger charge is -2.20. The van der Waals surface area contributed by atoms with Crippen LogP contribution in [-0.2, 0) is 10.8 Å². The van der Waals surface area contributed by atoms with Crippen molar-refractivity contribution in [3.05, 3.63) is 71.8 Å². The lowest BCUT2D eigenvalue weighted by molar-refractivity contribution is 0.591. The Hall–Kier alpha value is -2.74. The van der Waals surface area contributed by atoms with Crippen molar-refractivity contribution in [3.8, 4) is 0 Å². The van der Waals surface area contributed by atoms with E-state index in [-0.39, 0.29) is 10.8 Å². The van der Waals surface area contributed by atoms with E-state index in [0.717, 1.165) is 35.0 Å². The first kappa shape index (κ1) is 23.6. The van der Waals surface area contributed by atoms with Crippen LogP contribution >= 0.6 is 8.16 Å². The van der Waals surface area contributed by atoms with E-state index in [4.69, 9.17) is 8.39 Å². The molecule has 186 valence electrons. The average molecular weight is 498 g/mol. The van der Waals surface area contributed by atoms with Crippen LogP contribution in [0.4, 0.5) is 0 Å². The van der Waals surface area contributed by atoms with E-state index < -0.39 is 8.16 Å². The fraction of sp³-hybridized carbons (Fsp3) is 0.375. The number of nitrogens with zero attached hydrogens (tertiary/aromatic N) is 1. The van der Waals surface area contributed by atoms with Crippen LogP contribution in [0.3, 0.4) is 0 Å². The smallest absolute Gasteiger partial charge is 0.309 e. The zero-order valence-corrected chi connectivity index (χ0v) is 23.2. The van der Waals surface area contributed by atoms with Crippen LogP contribution in [0, 0.1) is 0 Å². The summed E-state index contributed by atoms with van der Waals surface area (Å²) in [6.45, 7) is 15.7. The van der Waals surface area contributed by atoms with Crippen LogP contribution in [0.25, 0.3) is 43.5 Å². The summed E-state index contributed by atoms with van der Waals surface area (Å²) in [5.41, 5.74) is 4.73. The average Bonchev–Trinajstić information content (AvgIpc) is 3.31. The van der Waals surface area contributed by atoms with Gasteiger partial charge in [-0.25, -0.2) is 4.67 Å². The first-order valence-corrected chi connectivity index (χ1v) is 14.3. The Bertz CT molecular complexity index is 1550. The molecule has 0 spiro atoms. The minimum Gasteiger partial charge on any atom is -0.408 e. The van der Waals surface area contributed by atoms with E-state index in [1.165, 1.54) is 45.5 Å². The van der Waals surface area contributed by atoms with E-state index in [0.29, 0.717) is 0 Å². The monoisotopic (exact) mass is 497 g/mol. The topological polar surface area (TPSA) is 29.5 Å². The van der Waals surface area contributed by atoms with Crippen molar-refractivity contribution in [1.82, 2.24) is 0 Å². The SMILES string of the molecule is CC(C)(C)c1ccc2c(ccc3op(N4CCCC4)oc4ccc5cc(C(C)(C)C)ccc5c4c32)c1. The van der Waals surface area contributed by atoms with Crippen molar-refractivity contribution >= 4 is 51.6 Å². The van der Waals surface area contributed by atoms with Gasteiger partial charge in [0.15, 0.2) is 0 Å². The van der Waals surface area contributed by atoms with Crippen LogP contribution in [0.15, 0.2) is 69.1 Å². The van der Waals surface area contributed by atoms with Crippen molar-refractivity contribution in [2.24, 2.45) is 0 Å². The minimum atomic E-state index is -1.20. The highest BCUT2D eigenvalue weighted by atomic mass is 31.1. The van der Waals surface area contributed by atoms with Gasteiger partial charge < -0.3 is 8.39 Å². The Kier molecular flexibility index (Phi) is 5.52. The highest BCUT2D eigenvalue weighted by Gasteiger charge is 2.22. The van der Waals surface area contributed by atoms with Gasteiger partial charge in [0.1, 0.15) is 11.2 Å². The van der Waals surface area contributed by atoms with Crippen molar-refractivity contribution in [2.45, 2.75) is 65.2 Å². The molecule has 0 saturated carbocycles. The number of rotatable bonds is 1. The maximum absolute atomic E-state index is 6.72. The normalized spacial score (nSPS) is 15.5. The maximum atomic E-state index is 6.72. The Morgan fingerprint density at radius 2 is 1.06 bits per heavy atom. The fourth-order valence-corrected chi connectivity index (χ4v) is 6.91. The van der Waals surface area contributed by atoms with Gasteiger partial charge in [0, 0.05) is 23.9 Å². The van der Waals surface area contributed by atoms with Crippen molar-refractivity contribution in [2.75, 3.05) is 17.8 Å². The van der Waals surface area contributed by atoms with Crippen molar-refractivity contribution in [1.29, 1.82) is 0 Å². The third-order valence-electron chi connectivity index (χ3n) is 7.61. The quantitative estimate of drug-likeness (QED) is 0.231. The molecular formula is C32H36NO2P. The van der Waals surface area contributed by atoms with Gasteiger partial charge in [-0.1, -0.05) is 90.1 Å². The third-order valence-corrected chi connectivity index (χ3v) is 9.18. The molecule has 0 N–H and O–H groups in total. The summed E-state index contributed by atoms with van der Waals surface area (Å²) in [4.78, 5) is 0. The largest absolute Gasteiger partial charge is 0.408 e. The first-order valence-electron chi connectivity index (χ1n) is 13.2. The molecule has 0 radical (unpaired) electrons. The summed E-state index contributed by atoms with van der Waals surface area (Å²) in [5.74, 6) is 0. The zero-order chi connectivity index (χ0) is 25.2. The summed E-state index contributed by atoms with van der Waals surface area (Å²) in [5, 5.41) is 7.23. The molecule has 1 aliphatic rings. The Morgan fingerprint density at radius 1 is 0.611 bits per heavy atom. The summed E-state index contributed by atoms with van der Waals surface area (Å²) < 4.78 is 15.8. The van der Waals surface area contributed by atoms with E-state index in [1.807, 2.05) is 0 Å². The second-order valence-electron chi connectivity index (χ2n) is 12.3. The maximum Gasteiger partial charge on any atom is 0.309 e. The predicted molar refractivity (Wildman–Crippen MR) is 156 cm³/mol. The number of benzene rings is 4. The molecular weight excluding hydrogens is 461 g/mol. The highest BCUT2D eigenvalue weighted by Crippen LogP contribution is 2.43. The van der Waals surface area contributed by atoms with E-state index >= 15 is 0 Å². The predicted octanol–water partition coefficient (Wildman–Crippen LogP) is 9.92. The lowest BCUT2D eigenvalue weighted by atomic mass is 9.84. The zero-order valence-electron chi connectivity index (χ0n) is 22.3. The van der Waals surface area contributed by atoms with E-state index in [1.54, 1.807) is 0 Å². The second-order valence-corrected chi connectivity index (χ2v) is 13.7. The van der Waals surface area contributed by atoms with Gasteiger partial charge in [0.25, 0.3) is 0 Å². The molecule has 1 aromatic heterocycles. The summed E-state index contributed by atoms with van der Waals surface area (Å²) in [6, 6.07) is 22.6. The molecule has 1 aliphatic heterocycles. The summed E-state index contributed by atoms with van der Waals surface area (Å²) in [7, 11) is -1.20. The van der Waals surface area contributed by atoms with Crippen molar-refractivity contribution in [3.63, 3.8) is 0 Å². The molecule has 4 aromatic carbocycles. The molecule has 1 saturated heterocycles. The van der Waals surface area contributed by atoms with Crippen LogP contribution < -0.4 is 4.67 Å². The molecule has 2 heterocycles. The molecule has 0 atom stereocenters. The minimum absolute atomic E-state index is 0.0959. The van der Waals surface area contributed by atoms with Crippen LogP contribution in [0.2, 0.25) is 0 Å². The second kappa shape index (κ2) is 8.40. The molecule has 0 unspecified atom stereocenters. The van der Waals surface area contributed by atoms with Gasteiger partial charge in [-0.2, -0.15) is 0 Å². The van der Waals surface area contributed by atoms with Crippen LogP contribution in [-0.4, -0.2) is 13.1 Å². The number of hydrogen-bond donors (Lipinski definition) is 0. The van der Waals surface area contributed by atoms with E-state index in [2.05, 4.69) is 107 Å². The van der Waals surface area contributed by atoms with Gasteiger partial charge >= 0.3 is 8.16 Å². The van der Waals surface area contributed by atoms with Gasteiger partial charge in [-0.3, -0.25) is 0 Å². The molecule has 6 rings (SSSR count). The molecule has 0 amide bonds. The van der Waals surface area contributed by atoms with Gasteiger partial charge in [0.2, 0.25) is 0 Å². The molecule has 1 fully saturated rings. The highest BCUT2D eigenvalue weighted by molar-refractivity contribution is 7.39. The van der Waals surface area contributed by atoms with Gasteiger partial charge in [-0.05, 0) is 68.5 Å². The lowest BCUT2D eigenvalue weighted by Crippen LogP contribution is -2.12. The molecule has 36 heavy (non-hydrogen) atoms. The third kappa shape index (κ3) is 4.03. The molecule has 4 heteroatoms. The number of fused-ring (bicyclic) bond motifs is 7. The first-order chi connectivity index (χ1) is 17.1. The molecule has 3 nitrogen and oxygen atoms in total. The fourth-order valence-electron chi connectivity index (χ4n) is 5.39. The Balaban J connectivity index is 1.78. The molecule has 5 aromatic rings. The van der Waals surface area contributed by atoms with Gasteiger partial charge in [-0.15, -0.1) is 0 Å². The summed E-state index contributed by atoms with van der Waals surface area (Å²) in [6.07, 6.45) is 2.40. The Labute approximate surface area is 214 Å². The van der Waals surface area contributed by atoms with Crippen molar-refractivity contribution < 1.29 is 8.39 Å².